The van der Waals surface area contributed by atoms with Crippen LogP contribution < -0.4 is 0 Å². The Morgan fingerprint density at radius 2 is 1.47 bits per heavy atom. The van der Waals surface area contributed by atoms with Crippen LogP contribution in [0.15, 0.2) is 23.4 Å². The van der Waals surface area contributed by atoms with Gasteiger partial charge in [-0.2, -0.15) is 26.3 Å². The molecule has 0 aliphatic rings. The number of hydrogen-bond acceptors (Lipinski definition) is 2. The molecule has 0 heterocycles. The fourth-order valence-electron chi connectivity index (χ4n) is 1.35. The second-order valence-electron chi connectivity index (χ2n) is 3.59. The molecule has 19 heavy (non-hydrogen) atoms. The van der Waals surface area contributed by atoms with Crippen LogP contribution in [0.2, 0.25) is 0 Å². The molecule has 0 aromatic heterocycles. The monoisotopic (exact) mass is 285 g/mol. The van der Waals surface area contributed by atoms with Crippen molar-refractivity contribution in [1.29, 1.82) is 0 Å². The molecular formula is C11H9F6NO. The van der Waals surface area contributed by atoms with Gasteiger partial charge in [-0.15, -0.1) is 0 Å². The molecule has 8 heteroatoms. The molecule has 1 aromatic rings. The first kappa shape index (κ1) is 15.3. The number of halogens is 6. The maximum atomic E-state index is 12.5. The fraction of sp³-hybridized carbons (Fsp3) is 0.364. The van der Waals surface area contributed by atoms with Gasteiger partial charge in [-0.1, -0.05) is 5.16 Å². The fourth-order valence-corrected chi connectivity index (χ4v) is 1.35. The Bertz CT molecular complexity index is 431. The van der Waals surface area contributed by atoms with Crippen LogP contribution in [0.5, 0.6) is 0 Å². The second-order valence-corrected chi connectivity index (χ2v) is 3.59. The van der Waals surface area contributed by atoms with Crippen LogP contribution in [-0.2, 0) is 23.6 Å². The molecule has 106 valence electrons. The van der Waals surface area contributed by atoms with Crippen LogP contribution in [-0.4, -0.2) is 13.3 Å². The van der Waals surface area contributed by atoms with E-state index in [1.807, 2.05) is 0 Å². The van der Waals surface area contributed by atoms with Gasteiger partial charge in [-0.25, -0.2) is 0 Å². The minimum Gasteiger partial charge on any atom is -0.399 e. The first-order chi connectivity index (χ1) is 8.64. The van der Waals surface area contributed by atoms with E-state index in [9.17, 15) is 26.3 Å². The third kappa shape index (κ3) is 4.46. The number of oxime groups is 1. The van der Waals surface area contributed by atoms with Crippen LogP contribution in [0, 0.1) is 0 Å². The summed E-state index contributed by atoms with van der Waals surface area (Å²) < 4.78 is 75.0. The molecule has 1 aromatic carbocycles. The Kier molecular flexibility index (Phi) is 4.43. The lowest BCUT2D eigenvalue weighted by Gasteiger charge is -2.13. The van der Waals surface area contributed by atoms with Crippen molar-refractivity contribution in [2.75, 3.05) is 7.11 Å². The van der Waals surface area contributed by atoms with Crippen molar-refractivity contribution in [3.63, 3.8) is 0 Å². The van der Waals surface area contributed by atoms with Crippen molar-refractivity contribution in [1.82, 2.24) is 0 Å². The van der Waals surface area contributed by atoms with Gasteiger partial charge in [0.1, 0.15) is 7.11 Å². The van der Waals surface area contributed by atoms with Crippen molar-refractivity contribution >= 4 is 6.21 Å². The molecule has 0 radical (unpaired) electrons. The molecule has 0 bridgehead atoms. The van der Waals surface area contributed by atoms with Gasteiger partial charge in [0.2, 0.25) is 0 Å². The summed E-state index contributed by atoms with van der Waals surface area (Å²) in [6.45, 7) is 0. The van der Waals surface area contributed by atoms with Crippen molar-refractivity contribution in [2.24, 2.45) is 5.16 Å². The second kappa shape index (κ2) is 5.50. The summed E-state index contributed by atoms with van der Waals surface area (Å²) >= 11 is 0. The van der Waals surface area contributed by atoms with E-state index >= 15 is 0 Å². The Morgan fingerprint density at radius 1 is 1.00 bits per heavy atom. The Morgan fingerprint density at radius 3 is 1.84 bits per heavy atom. The lowest BCUT2D eigenvalue weighted by molar-refractivity contribution is -0.143. The largest absolute Gasteiger partial charge is 0.416 e. The van der Waals surface area contributed by atoms with Crippen molar-refractivity contribution < 1.29 is 31.2 Å². The predicted molar refractivity (Wildman–Crippen MR) is 55.7 cm³/mol. The van der Waals surface area contributed by atoms with Gasteiger partial charge in [0.05, 0.1) is 11.1 Å². The SMILES string of the molecule is CON=CCc1cc(C(F)(F)F)cc(C(F)(F)F)c1. The number of benzene rings is 1. The van der Waals surface area contributed by atoms with E-state index in [4.69, 9.17) is 0 Å². The molecule has 2 nitrogen and oxygen atoms in total. The zero-order valence-electron chi connectivity index (χ0n) is 9.64. The van der Waals surface area contributed by atoms with Gasteiger partial charge in [0.15, 0.2) is 0 Å². The van der Waals surface area contributed by atoms with E-state index in [1.165, 1.54) is 7.11 Å². The van der Waals surface area contributed by atoms with Gasteiger partial charge in [-0.3, -0.25) is 0 Å². The average Bonchev–Trinajstić information content (AvgIpc) is 2.27. The van der Waals surface area contributed by atoms with Gasteiger partial charge in [-0.05, 0) is 23.8 Å². The average molecular weight is 285 g/mol. The quantitative estimate of drug-likeness (QED) is 0.469. The summed E-state index contributed by atoms with van der Waals surface area (Å²) in [5.74, 6) is 0. The van der Waals surface area contributed by atoms with Gasteiger partial charge in [0, 0.05) is 12.6 Å². The number of nitrogens with zero attached hydrogens (tertiary/aromatic N) is 1. The van der Waals surface area contributed by atoms with Gasteiger partial charge in [0.25, 0.3) is 0 Å². The summed E-state index contributed by atoms with van der Waals surface area (Å²) in [6, 6.07) is 1.38. The van der Waals surface area contributed by atoms with E-state index < -0.39 is 23.5 Å². The number of rotatable bonds is 3. The summed E-state index contributed by atoms with van der Waals surface area (Å²) in [4.78, 5) is 4.28. The van der Waals surface area contributed by atoms with Crippen LogP contribution in [0.3, 0.4) is 0 Å². The first-order valence-corrected chi connectivity index (χ1v) is 4.98. The minimum atomic E-state index is -4.84. The molecule has 0 N–H and O–H groups in total. The minimum absolute atomic E-state index is 0.0803. The molecule has 0 aliphatic carbocycles. The van der Waals surface area contributed by atoms with E-state index in [2.05, 4.69) is 9.99 Å². The van der Waals surface area contributed by atoms with Crippen LogP contribution in [0.25, 0.3) is 0 Å². The standard InChI is InChI=1S/C11H9F6NO/c1-19-18-3-2-7-4-8(10(12,13)14)6-9(5-7)11(15,16)17/h3-6H,2H2,1H3. The summed E-state index contributed by atoms with van der Waals surface area (Å²) in [5.41, 5.74) is -2.84. The summed E-state index contributed by atoms with van der Waals surface area (Å²) in [5, 5.41) is 3.26. The van der Waals surface area contributed by atoms with Crippen molar-refractivity contribution in [2.45, 2.75) is 18.8 Å². The summed E-state index contributed by atoms with van der Waals surface area (Å²) in [7, 11) is 1.21. The highest BCUT2D eigenvalue weighted by molar-refractivity contribution is 5.61. The summed E-state index contributed by atoms with van der Waals surface area (Å²) in [6.07, 6.45) is -8.79. The van der Waals surface area contributed by atoms with Crippen molar-refractivity contribution in [3.8, 4) is 0 Å². The molecule has 0 aliphatic heterocycles. The van der Waals surface area contributed by atoms with Crippen LogP contribution in [0.1, 0.15) is 16.7 Å². The Balaban J connectivity index is 3.21. The molecule has 0 atom stereocenters. The van der Waals surface area contributed by atoms with Gasteiger partial charge >= 0.3 is 12.4 Å². The number of alkyl halides is 6. The maximum absolute atomic E-state index is 12.5. The van der Waals surface area contributed by atoms with Gasteiger partial charge < -0.3 is 4.84 Å². The lowest BCUT2D eigenvalue weighted by Crippen LogP contribution is -2.12. The highest BCUT2D eigenvalue weighted by Crippen LogP contribution is 2.36. The van der Waals surface area contributed by atoms with E-state index in [1.54, 1.807) is 0 Å². The lowest BCUT2D eigenvalue weighted by atomic mass is 10.0. The molecule has 0 saturated heterocycles. The van der Waals surface area contributed by atoms with E-state index in [0.717, 1.165) is 6.21 Å². The smallest absolute Gasteiger partial charge is 0.399 e. The number of hydrogen-bond donors (Lipinski definition) is 0. The predicted octanol–water partition coefficient (Wildman–Crippen LogP) is 3.90. The molecule has 1 rings (SSSR count). The third-order valence-corrected chi connectivity index (χ3v) is 2.15. The molecule has 0 amide bonds. The van der Waals surface area contributed by atoms with Crippen LogP contribution in [0.4, 0.5) is 26.3 Å². The zero-order valence-corrected chi connectivity index (χ0v) is 9.64. The van der Waals surface area contributed by atoms with E-state index in [-0.39, 0.29) is 18.1 Å². The third-order valence-electron chi connectivity index (χ3n) is 2.15. The molecule has 0 fully saturated rings. The highest BCUT2D eigenvalue weighted by atomic mass is 19.4. The Hall–Kier alpha value is -1.73. The molecule has 0 saturated carbocycles. The topological polar surface area (TPSA) is 21.6 Å². The normalized spacial score (nSPS) is 13.0. The maximum Gasteiger partial charge on any atom is 0.416 e. The van der Waals surface area contributed by atoms with Crippen LogP contribution >= 0.6 is 0 Å². The molecular weight excluding hydrogens is 276 g/mol. The highest BCUT2D eigenvalue weighted by Gasteiger charge is 2.36. The zero-order chi connectivity index (χ0) is 14.7. The van der Waals surface area contributed by atoms with Crippen molar-refractivity contribution in [3.05, 3.63) is 34.9 Å². The molecule has 0 unspecified atom stereocenters. The first-order valence-electron chi connectivity index (χ1n) is 4.98. The Labute approximate surface area is 104 Å². The molecule has 0 spiro atoms. The van der Waals surface area contributed by atoms with E-state index in [0.29, 0.717) is 12.1 Å².